The van der Waals surface area contributed by atoms with Crippen molar-refractivity contribution in [2.75, 3.05) is 0 Å². The molecule has 0 saturated carbocycles. The van der Waals surface area contributed by atoms with Crippen LogP contribution in [0.3, 0.4) is 0 Å². The van der Waals surface area contributed by atoms with Crippen LogP contribution < -0.4 is 0 Å². The number of carbonyl (C=O) groups excluding carboxylic acids is 1. The van der Waals surface area contributed by atoms with Crippen LogP contribution in [-0.4, -0.2) is 39.3 Å². The van der Waals surface area contributed by atoms with Gasteiger partial charge in [0.2, 0.25) is 0 Å². The zero-order valence-electron chi connectivity index (χ0n) is 9.34. The maximum Gasteiger partial charge on any atom is 0.253 e. The molecule has 0 aromatic heterocycles. The molecule has 2 atom stereocenters. The fourth-order valence-electron chi connectivity index (χ4n) is 2.08. The first-order valence-corrected chi connectivity index (χ1v) is 5.14. The van der Waals surface area contributed by atoms with Crippen LogP contribution in [0.5, 0.6) is 0 Å². The average Bonchev–Trinajstić information content (AvgIpc) is 2.41. The van der Waals surface area contributed by atoms with Crippen molar-refractivity contribution in [2.24, 2.45) is 0 Å². The summed E-state index contributed by atoms with van der Waals surface area (Å²) in [7, 11) is 0. The quantitative estimate of drug-likeness (QED) is 0.720. The van der Waals surface area contributed by atoms with Gasteiger partial charge in [0, 0.05) is 18.5 Å². The molecule has 1 rings (SSSR count). The van der Waals surface area contributed by atoms with Crippen LogP contribution in [0.25, 0.3) is 0 Å². The zero-order chi connectivity index (χ0) is 11.6. The number of rotatable bonds is 2. The first kappa shape index (κ1) is 12.0. The number of hydrogen-bond donors (Lipinski definition) is 1. The van der Waals surface area contributed by atoms with Gasteiger partial charge in [-0.25, -0.2) is 10.0 Å². The minimum absolute atomic E-state index is 0.127. The Kier molecular flexibility index (Phi) is 3.66. The largest absolute Gasteiger partial charge is 0.372 e. The van der Waals surface area contributed by atoms with Gasteiger partial charge in [0.05, 0.1) is 6.07 Å². The van der Waals surface area contributed by atoms with Gasteiger partial charge in [-0.1, -0.05) is 0 Å². The Balaban J connectivity index is 2.84. The molecule has 1 amide bonds. The first-order chi connectivity index (χ1) is 6.99. The smallest absolute Gasteiger partial charge is 0.253 e. The van der Waals surface area contributed by atoms with Gasteiger partial charge in [0.1, 0.15) is 12.6 Å². The highest BCUT2D eigenvalue weighted by Gasteiger charge is 2.40. The second kappa shape index (κ2) is 4.60. The first-order valence-electron chi connectivity index (χ1n) is 5.14. The molecule has 0 aromatic rings. The molecule has 0 bridgehead atoms. The molecule has 1 N–H and O–H groups in total. The monoisotopic (exact) mass is 211 g/mol. The minimum Gasteiger partial charge on any atom is -0.372 e. The fourth-order valence-corrected chi connectivity index (χ4v) is 2.08. The molecule has 5 nitrogen and oxygen atoms in total. The van der Waals surface area contributed by atoms with Crippen molar-refractivity contribution in [3.8, 4) is 6.07 Å². The Morgan fingerprint density at radius 1 is 1.67 bits per heavy atom. The van der Waals surface area contributed by atoms with Crippen molar-refractivity contribution >= 4 is 5.91 Å². The van der Waals surface area contributed by atoms with Gasteiger partial charge in [0.25, 0.3) is 5.91 Å². The molecule has 1 fully saturated rings. The molecule has 15 heavy (non-hydrogen) atoms. The standard InChI is InChI=1S/C10H17N3O2/c1-7(2)12-8(3)6-10(15)13(12)9(14)4-5-11/h7-8,10,15H,4,6H2,1-3H3/t8-,10-/m1/s1. The predicted octanol–water partition coefficient (Wildman–Crippen LogP) is 0.465. The van der Waals surface area contributed by atoms with Gasteiger partial charge in [-0.15, -0.1) is 0 Å². The molecule has 0 spiro atoms. The van der Waals surface area contributed by atoms with Crippen molar-refractivity contribution in [1.82, 2.24) is 10.0 Å². The molecular weight excluding hydrogens is 194 g/mol. The molecule has 84 valence electrons. The highest BCUT2D eigenvalue weighted by atomic mass is 16.3. The summed E-state index contributed by atoms with van der Waals surface area (Å²) < 4.78 is 0. The van der Waals surface area contributed by atoms with E-state index in [-0.39, 0.29) is 24.4 Å². The van der Waals surface area contributed by atoms with E-state index in [1.165, 1.54) is 5.01 Å². The summed E-state index contributed by atoms with van der Waals surface area (Å²) >= 11 is 0. The number of nitriles is 1. The molecular formula is C10H17N3O2. The van der Waals surface area contributed by atoms with Gasteiger partial charge >= 0.3 is 0 Å². The van der Waals surface area contributed by atoms with Gasteiger partial charge in [0.15, 0.2) is 0 Å². The number of amides is 1. The van der Waals surface area contributed by atoms with Crippen molar-refractivity contribution in [3.63, 3.8) is 0 Å². The number of nitrogens with zero attached hydrogens (tertiary/aromatic N) is 3. The van der Waals surface area contributed by atoms with Crippen molar-refractivity contribution in [2.45, 2.75) is 51.9 Å². The van der Waals surface area contributed by atoms with E-state index in [0.717, 1.165) is 0 Å². The maximum absolute atomic E-state index is 11.6. The van der Waals surface area contributed by atoms with E-state index in [4.69, 9.17) is 5.26 Å². The summed E-state index contributed by atoms with van der Waals surface area (Å²) in [5.41, 5.74) is 0. The lowest BCUT2D eigenvalue weighted by atomic mass is 10.2. The average molecular weight is 211 g/mol. The third-order valence-corrected chi connectivity index (χ3v) is 2.55. The predicted molar refractivity (Wildman–Crippen MR) is 54.1 cm³/mol. The molecule has 1 aliphatic rings. The van der Waals surface area contributed by atoms with Crippen LogP contribution in [-0.2, 0) is 4.79 Å². The van der Waals surface area contributed by atoms with E-state index in [1.54, 1.807) is 0 Å². The third kappa shape index (κ3) is 2.28. The summed E-state index contributed by atoms with van der Waals surface area (Å²) in [6.45, 7) is 5.88. The Bertz CT molecular complexity index is 285. The SMILES string of the molecule is CC(C)N1[C@H](C)C[C@@H](O)N1C(=O)CC#N. The van der Waals surface area contributed by atoms with Crippen molar-refractivity contribution in [3.05, 3.63) is 0 Å². The molecule has 1 heterocycles. The van der Waals surface area contributed by atoms with Crippen molar-refractivity contribution < 1.29 is 9.90 Å². The van der Waals surface area contributed by atoms with E-state index < -0.39 is 6.23 Å². The van der Waals surface area contributed by atoms with E-state index >= 15 is 0 Å². The number of hydrogen-bond acceptors (Lipinski definition) is 4. The number of hydrazine groups is 1. The van der Waals surface area contributed by atoms with E-state index in [0.29, 0.717) is 6.42 Å². The molecule has 1 saturated heterocycles. The summed E-state index contributed by atoms with van der Waals surface area (Å²) in [5, 5.41) is 21.4. The Hall–Kier alpha value is -1.12. The maximum atomic E-state index is 11.6. The van der Waals surface area contributed by atoms with Crippen molar-refractivity contribution in [1.29, 1.82) is 5.26 Å². The zero-order valence-corrected chi connectivity index (χ0v) is 9.34. The highest BCUT2D eigenvalue weighted by molar-refractivity contribution is 5.78. The summed E-state index contributed by atoms with van der Waals surface area (Å²) in [4.78, 5) is 11.6. The topological polar surface area (TPSA) is 67.6 Å². The third-order valence-electron chi connectivity index (χ3n) is 2.55. The molecule has 0 aliphatic carbocycles. The van der Waals surface area contributed by atoms with Crippen LogP contribution in [0.2, 0.25) is 0 Å². The molecule has 0 unspecified atom stereocenters. The Morgan fingerprint density at radius 3 is 2.73 bits per heavy atom. The minimum atomic E-state index is -0.789. The molecule has 0 radical (unpaired) electrons. The Morgan fingerprint density at radius 2 is 2.27 bits per heavy atom. The summed E-state index contributed by atoms with van der Waals surface area (Å²) in [6, 6.07) is 2.08. The van der Waals surface area contributed by atoms with Crippen LogP contribution in [0.15, 0.2) is 0 Å². The number of carbonyl (C=O) groups is 1. The number of aliphatic hydroxyl groups is 1. The van der Waals surface area contributed by atoms with Gasteiger partial charge in [-0.05, 0) is 20.8 Å². The second-order valence-corrected chi connectivity index (χ2v) is 4.11. The van der Waals surface area contributed by atoms with E-state index in [1.807, 2.05) is 31.8 Å². The summed E-state index contributed by atoms with van der Waals surface area (Å²) in [5.74, 6) is -0.331. The highest BCUT2D eigenvalue weighted by Crippen LogP contribution is 2.26. The molecule has 0 aromatic carbocycles. The molecule has 1 aliphatic heterocycles. The van der Waals surface area contributed by atoms with Gasteiger partial charge in [-0.2, -0.15) is 5.26 Å². The van der Waals surface area contributed by atoms with Crippen LogP contribution in [0.4, 0.5) is 0 Å². The second-order valence-electron chi connectivity index (χ2n) is 4.11. The molecule has 5 heteroatoms. The van der Waals surface area contributed by atoms with Gasteiger partial charge in [-0.3, -0.25) is 4.79 Å². The summed E-state index contributed by atoms with van der Waals surface area (Å²) in [6.07, 6.45) is -0.439. The van der Waals surface area contributed by atoms with Crippen LogP contribution in [0.1, 0.15) is 33.6 Å². The fraction of sp³-hybridized carbons (Fsp3) is 0.800. The van der Waals surface area contributed by atoms with Gasteiger partial charge < -0.3 is 5.11 Å². The normalized spacial score (nSPS) is 27.1. The lowest BCUT2D eigenvalue weighted by Crippen LogP contribution is -2.50. The van der Waals surface area contributed by atoms with E-state index in [2.05, 4.69) is 0 Å². The lowest BCUT2D eigenvalue weighted by Gasteiger charge is -2.34. The van der Waals surface area contributed by atoms with Crippen LogP contribution in [0, 0.1) is 11.3 Å². The Labute approximate surface area is 89.9 Å². The number of aliphatic hydroxyl groups excluding tert-OH is 1. The van der Waals surface area contributed by atoms with E-state index in [9.17, 15) is 9.90 Å². The van der Waals surface area contributed by atoms with Crippen LogP contribution >= 0.6 is 0 Å². The lowest BCUT2D eigenvalue weighted by molar-refractivity contribution is -0.165.